The van der Waals surface area contributed by atoms with Gasteiger partial charge in [-0.25, -0.2) is 4.98 Å². The van der Waals surface area contributed by atoms with E-state index in [0.29, 0.717) is 0 Å². The van der Waals surface area contributed by atoms with Crippen molar-refractivity contribution in [3.8, 4) is 0 Å². The predicted octanol–water partition coefficient (Wildman–Crippen LogP) is 3.64. The second-order valence-electron chi connectivity index (χ2n) is 8.15. The predicted molar refractivity (Wildman–Crippen MR) is 136 cm³/mol. The molecule has 2 heterocycles. The molecule has 0 radical (unpaired) electrons. The van der Waals surface area contributed by atoms with Crippen LogP contribution < -0.4 is 10.6 Å². The maximum absolute atomic E-state index is 4.36. The van der Waals surface area contributed by atoms with E-state index in [-0.39, 0.29) is 24.0 Å². The fraction of sp³-hybridized carbons (Fsp3) is 0.565. The first kappa shape index (κ1) is 24.7. The van der Waals surface area contributed by atoms with Crippen LogP contribution in [0.1, 0.15) is 43.1 Å². The first-order chi connectivity index (χ1) is 14.1. The molecule has 1 aliphatic heterocycles. The molecular formula is C23H37IN6. The highest BCUT2D eigenvalue weighted by Crippen LogP contribution is 2.15. The van der Waals surface area contributed by atoms with Gasteiger partial charge in [-0.1, -0.05) is 31.2 Å². The van der Waals surface area contributed by atoms with Crippen LogP contribution in [-0.2, 0) is 13.1 Å². The number of likely N-dealkylation sites (tertiary alicyclic amines) is 1. The lowest BCUT2D eigenvalue weighted by Gasteiger charge is -2.30. The highest BCUT2D eigenvalue weighted by molar-refractivity contribution is 14.0. The minimum atomic E-state index is 0. The van der Waals surface area contributed by atoms with Crippen molar-refractivity contribution in [3.63, 3.8) is 0 Å². The molecule has 1 aromatic carbocycles. The number of guanidine groups is 1. The van der Waals surface area contributed by atoms with Gasteiger partial charge in [-0.2, -0.15) is 0 Å². The van der Waals surface area contributed by atoms with Gasteiger partial charge in [0.05, 0.1) is 0 Å². The number of rotatable bonds is 8. The molecule has 2 N–H and O–H groups in total. The SMILES string of the molecule is CN=C(NCCCN1CCC(C)CC1)NCc1cccc(Cn2ccnc2C)c1.I. The minimum absolute atomic E-state index is 0. The summed E-state index contributed by atoms with van der Waals surface area (Å²) in [5.41, 5.74) is 2.54. The third kappa shape index (κ3) is 7.91. The number of hydrogen-bond acceptors (Lipinski definition) is 3. The van der Waals surface area contributed by atoms with Crippen LogP contribution in [-0.4, -0.2) is 53.6 Å². The number of benzene rings is 1. The van der Waals surface area contributed by atoms with Crippen LogP contribution >= 0.6 is 24.0 Å². The molecule has 1 aliphatic rings. The first-order valence-electron chi connectivity index (χ1n) is 10.9. The summed E-state index contributed by atoms with van der Waals surface area (Å²) in [5, 5.41) is 6.88. The third-order valence-electron chi connectivity index (χ3n) is 5.77. The number of nitrogens with zero attached hydrogens (tertiary/aromatic N) is 4. The van der Waals surface area contributed by atoms with E-state index in [1.165, 1.54) is 43.6 Å². The average Bonchev–Trinajstić information content (AvgIpc) is 3.13. The summed E-state index contributed by atoms with van der Waals surface area (Å²) in [6.45, 7) is 10.6. The normalized spacial score (nSPS) is 15.6. The fourth-order valence-corrected chi connectivity index (χ4v) is 3.81. The fourth-order valence-electron chi connectivity index (χ4n) is 3.81. The molecule has 1 fully saturated rings. The average molecular weight is 524 g/mol. The quantitative estimate of drug-likeness (QED) is 0.240. The van der Waals surface area contributed by atoms with Crippen LogP contribution in [0.25, 0.3) is 0 Å². The smallest absolute Gasteiger partial charge is 0.191 e. The molecular weight excluding hydrogens is 487 g/mol. The Morgan fingerprint density at radius 3 is 2.67 bits per heavy atom. The van der Waals surface area contributed by atoms with E-state index >= 15 is 0 Å². The van der Waals surface area contributed by atoms with Gasteiger partial charge < -0.3 is 20.1 Å². The van der Waals surface area contributed by atoms with Crippen molar-refractivity contribution in [2.24, 2.45) is 10.9 Å². The van der Waals surface area contributed by atoms with Gasteiger partial charge in [0, 0.05) is 39.1 Å². The summed E-state index contributed by atoms with van der Waals surface area (Å²) in [6.07, 6.45) is 7.71. The Labute approximate surface area is 198 Å². The Balaban J connectivity index is 0.00000320. The van der Waals surface area contributed by atoms with Crippen molar-refractivity contribution in [1.29, 1.82) is 0 Å². The van der Waals surface area contributed by atoms with Crippen molar-refractivity contribution < 1.29 is 0 Å². The first-order valence-corrected chi connectivity index (χ1v) is 10.9. The molecule has 6 nitrogen and oxygen atoms in total. The van der Waals surface area contributed by atoms with E-state index in [0.717, 1.165) is 43.8 Å². The number of aliphatic imine (C=N–C) groups is 1. The number of piperidine rings is 1. The molecule has 1 saturated heterocycles. The van der Waals surface area contributed by atoms with E-state index in [9.17, 15) is 0 Å². The molecule has 0 aliphatic carbocycles. The van der Waals surface area contributed by atoms with E-state index in [1.807, 2.05) is 26.4 Å². The molecule has 7 heteroatoms. The highest BCUT2D eigenvalue weighted by Gasteiger charge is 2.14. The summed E-state index contributed by atoms with van der Waals surface area (Å²) in [6, 6.07) is 8.69. The molecule has 166 valence electrons. The van der Waals surface area contributed by atoms with E-state index < -0.39 is 0 Å². The lowest BCUT2D eigenvalue weighted by molar-refractivity contribution is 0.191. The second-order valence-corrected chi connectivity index (χ2v) is 8.15. The molecule has 1 aromatic heterocycles. The standard InChI is InChI=1S/C23H36N6.HI/c1-19-8-13-28(14-9-19)12-5-10-26-23(24-3)27-17-21-6-4-7-22(16-21)18-29-15-11-25-20(29)2;/h4,6-7,11,15-16,19H,5,8-10,12-14,17-18H2,1-3H3,(H2,24,26,27);1H. The van der Waals surface area contributed by atoms with Crippen LogP contribution in [0.4, 0.5) is 0 Å². The van der Waals surface area contributed by atoms with Gasteiger partial charge in [-0.05, 0) is 62.9 Å². The molecule has 2 aromatic rings. The van der Waals surface area contributed by atoms with E-state index in [1.54, 1.807) is 0 Å². The molecule has 30 heavy (non-hydrogen) atoms. The zero-order valence-corrected chi connectivity index (χ0v) is 20.9. The minimum Gasteiger partial charge on any atom is -0.356 e. The zero-order valence-electron chi connectivity index (χ0n) is 18.6. The lowest BCUT2D eigenvalue weighted by Crippen LogP contribution is -2.39. The van der Waals surface area contributed by atoms with Crippen LogP contribution in [0, 0.1) is 12.8 Å². The van der Waals surface area contributed by atoms with Gasteiger partial charge in [0.2, 0.25) is 0 Å². The van der Waals surface area contributed by atoms with Crippen molar-refractivity contribution in [2.45, 2.75) is 46.2 Å². The third-order valence-corrected chi connectivity index (χ3v) is 5.77. The van der Waals surface area contributed by atoms with Crippen LogP contribution in [0.15, 0.2) is 41.7 Å². The van der Waals surface area contributed by atoms with Crippen molar-refractivity contribution in [3.05, 3.63) is 53.6 Å². The molecule has 0 atom stereocenters. The van der Waals surface area contributed by atoms with Crippen molar-refractivity contribution in [2.75, 3.05) is 33.2 Å². The van der Waals surface area contributed by atoms with E-state index in [4.69, 9.17) is 0 Å². The van der Waals surface area contributed by atoms with Crippen molar-refractivity contribution >= 4 is 29.9 Å². The zero-order chi connectivity index (χ0) is 20.5. The maximum Gasteiger partial charge on any atom is 0.191 e. The number of hydrogen-bond donors (Lipinski definition) is 2. The summed E-state index contributed by atoms with van der Waals surface area (Å²) >= 11 is 0. The summed E-state index contributed by atoms with van der Waals surface area (Å²) in [7, 11) is 1.83. The Morgan fingerprint density at radius 1 is 1.20 bits per heavy atom. The molecule has 0 amide bonds. The van der Waals surface area contributed by atoms with Gasteiger partial charge in [0.25, 0.3) is 0 Å². The van der Waals surface area contributed by atoms with Gasteiger partial charge >= 0.3 is 0 Å². The lowest BCUT2D eigenvalue weighted by atomic mass is 9.99. The van der Waals surface area contributed by atoms with Crippen LogP contribution in [0.5, 0.6) is 0 Å². The summed E-state index contributed by atoms with van der Waals surface area (Å²) in [4.78, 5) is 11.2. The van der Waals surface area contributed by atoms with Gasteiger partial charge in [0.1, 0.15) is 5.82 Å². The Morgan fingerprint density at radius 2 is 1.97 bits per heavy atom. The number of nitrogens with one attached hydrogen (secondary N) is 2. The molecule has 3 rings (SSSR count). The Kier molecular flexibility index (Phi) is 10.6. The van der Waals surface area contributed by atoms with Gasteiger partial charge in [-0.3, -0.25) is 4.99 Å². The molecule has 0 bridgehead atoms. The summed E-state index contributed by atoms with van der Waals surface area (Å²) < 4.78 is 2.16. The highest BCUT2D eigenvalue weighted by atomic mass is 127. The topological polar surface area (TPSA) is 57.5 Å². The Bertz CT molecular complexity index is 780. The maximum atomic E-state index is 4.36. The summed E-state index contributed by atoms with van der Waals surface area (Å²) in [5.74, 6) is 2.81. The van der Waals surface area contributed by atoms with Gasteiger partial charge in [-0.15, -0.1) is 24.0 Å². The molecule has 0 unspecified atom stereocenters. The second kappa shape index (κ2) is 12.9. The number of aromatic nitrogens is 2. The van der Waals surface area contributed by atoms with Crippen LogP contribution in [0.3, 0.4) is 0 Å². The Hall–Kier alpha value is -1.61. The van der Waals surface area contributed by atoms with Gasteiger partial charge in [0.15, 0.2) is 5.96 Å². The number of halogens is 1. The molecule has 0 spiro atoms. The van der Waals surface area contributed by atoms with Crippen LogP contribution in [0.2, 0.25) is 0 Å². The van der Waals surface area contributed by atoms with E-state index in [2.05, 4.69) is 61.3 Å². The monoisotopic (exact) mass is 524 g/mol. The van der Waals surface area contributed by atoms with Crippen molar-refractivity contribution in [1.82, 2.24) is 25.1 Å². The largest absolute Gasteiger partial charge is 0.356 e. The number of aryl methyl sites for hydroxylation is 1. The number of imidazole rings is 1. The molecule has 0 saturated carbocycles.